The van der Waals surface area contributed by atoms with Gasteiger partial charge in [0, 0.05) is 19.5 Å². The van der Waals surface area contributed by atoms with Crippen molar-refractivity contribution in [2.24, 2.45) is 11.5 Å². The molecule has 0 fully saturated rings. The zero-order valence-corrected chi connectivity index (χ0v) is 14.3. The number of nitrogens with two attached hydrogens (primary N) is 2. The summed E-state index contributed by atoms with van der Waals surface area (Å²) in [5.41, 5.74) is 9.93. The highest BCUT2D eigenvalue weighted by Crippen LogP contribution is 2.15. The molecule has 2 amide bonds. The van der Waals surface area contributed by atoms with Crippen LogP contribution in [-0.4, -0.2) is 52.7 Å². The third kappa shape index (κ3) is 8.01. The van der Waals surface area contributed by atoms with Crippen LogP contribution >= 0.6 is 15.9 Å². The highest BCUT2D eigenvalue weighted by molar-refractivity contribution is 9.09. The Kier molecular flexibility index (Phi) is 8.50. The van der Waals surface area contributed by atoms with Crippen molar-refractivity contribution < 1.29 is 19.1 Å². The number of amides is 2. The summed E-state index contributed by atoms with van der Waals surface area (Å²) in [5.74, 6) is -1.39. The van der Waals surface area contributed by atoms with Crippen molar-refractivity contribution >= 4 is 33.7 Å². The van der Waals surface area contributed by atoms with Crippen LogP contribution in [-0.2, 0) is 19.1 Å². The molecule has 4 N–H and O–H groups in total. The minimum atomic E-state index is -0.870. The third-order valence-electron chi connectivity index (χ3n) is 2.52. The molecule has 0 aliphatic carbocycles. The van der Waals surface area contributed by atoms with Crippen molar-refractivity contribution in [3.8, 4) is 0 Å². The Morgan fingerprint density at radius 2 is 1.86 bits per heavy atom. The highest BCUT2D eigenvalue weighted by atomic mass is 79.9. The number of ether oxygens (including phenoxy) is 1. The second kappa shape index (κ2) is 8.99. The van der Waals surface area contributed by atoms with Crippen LogP contribution < -0.4 is 11.5 Å². The summed E-state index contributed by atoms with van der Waals surface area (Å²) in [7, 11) is 0. The van der Waals surface area contributed by atoms with Gasteiger partial charge in [0.05, 0.1) is 5.33 Å². The molecule has 0 saturated carbocycles. The van der Waals surface area contributed by atoms with E-state index in [1.807, 2.05) is 0 Å². The SMILES string of the molecule is CC(C)(C)OC(=O)[C@@H](CCC(N)=O)N(CCN)C(=O)CBr. The van der Waals surface area contributed by atoms with E-state index >= 15 is 0 Å². The number of halogens is 1. The van der Waals surface area contributed by atoms with Crippen molar-refractivity contribution in [2.45, 2.75) is 45.3 Å². The molecule has 1 atom stereocenters. The Morgan fingerprint density at radius 1 is 1.29 bits per heavy atom. The molecule has 0 aromatic carbocycles. The first-order chi connectivity index (χ1) is 9.62. The molecular formula is C13H24BrN3O4. The molecule has 0 aromatic heterocycles. The molecular weight excluding hydrogens is 342 g/mol. The molecule has 0 spiro atoms. The molecule has 7 nitrogen and oxygen atoms in total. The summed E-state index contributed by atoms with van der Waals surface area (Å²) in [6, 6.07) is -0.870. The largest absolute Gasteiger partial charge is 0.458 e. The molecule has 21 heavy (non-hydrogen) atoms. The van der Waals surface area contributed by atoms with Crippen LogP contribution in [0.5, 0.6) is 0 Å². The van der Waals surface area contributed by atoms with Gasteiger partial charge in [0.15, 0.2) is 0 Å². The van der Waals surface area contributed by atoms with Crippen molar-refractivity contribution in [1.29, 1.82) is 0 Å². The van der Waals surface area contributed by atoms with Crippen molar-refractivity contribution in [1.82, 2.24) is 4.90 Å². The molecule has 0 aliphatic rings. The van der Waals surface area contributed by atoms with E-state index in [1.165, 1.54) is 4.90 Å². The average molecular weight is 366 g/mol. The monoisotopic (exact) mass is 365 g/mol. The van der Waals surface area contributed by atoms with Crippen LogP contribution in [0.1, 0.15) is 33.6 Å². The van der Waals surface area contributed by atoms with Gasteiger partial charge in [-0.15, -0.1) is 0 Å². The molecule has 0 saturated heterocycles. The van der Waals surface area contributed by atoms with E-state index in [0.29, 0.717) is 0 Å². The van der Waals surface area contributed by atoms with Gasteiger partial charge in [-0.1, -0.05) is 15.9 Å². The fraction of sp³-hybridized carbons (Fsp3) is 0.769. The number of rotatable bonds is 8. The van der Waals surface area contributed by atoms with E-state index in [4.69, 9.17) is 16.2 Å². The van der Waals surface area contributed by atoms with Gasteiger partial charge in [0.25, 0.3) is 0 Å². The van der Waals surface area contributed by atoms with E-state index in [-0.39, 0.29) is 37.2 Å². The number of nitrogens with zero attached hydrogens (tertiary/aromatic N) is 1. The van der Waals surface area contributed by atoms with Crippen LogP contribution in [0.25, 0.3) is 0 Å². The summed E-state index contributed by atoms with van der Waals surface area (Å²) in [5, 5.41) is 0.0584. The average Bonchev–Trinajstić information content (AvgIpc) is 2.34. The minimum Gasteiger partial charge on any atom is -0.458 e. The number of esters is 1. The molecule has 0 aliphatic heterocycles. The summed E-state index contributed by atoms with van der Waals surface area (Å²) in [6.07, 6.45) is 0.101. The summed E-state index contributed by atoms with van der Waals surface area (Å²) in [6.45, 7) is 5.60. The van der Waals surface area contributed by atoms with Gasteiger partial charge in [-0.3, -0.25) is 9.59 Å². The van der Waals surface area contributed by atoms with Gasteiger partial charge in [0.1, 0.15) is 11.6 Å². The number of alkyl halides is 1. The summed E-state index contributed by atoms with van der Waals surface area (Å²) < 4.78 is 5.31. The number of carbonyl (C=O) groups excluding carboxylic acids is 3. The van der Waals surface area contributed by atoms with Crippen molar-refractivity contribution in [3.63, 3.8) is 0 Å². The second-order valence-corrected chi connectivity index (χ2v) is 6.12. The van der Waals surface area contributed by atoms with E-state index < -0.39 is 23.5 Å². The van der Waals surface area contributed by atoms with E-state index in [9.17, 15) is 14.4 Å². The van der Waals surface area contributed by atoms with Crippen molar-refractivity contribution in [2.75, 3.05) is 18.4 Å². The normalized spacial score (nSPS) is 12.6. The van der Waals surface area contributed by atoms with Crippen LogP contribution in [0.15, 0.2) is 0 Å². The van der Waals surface area contributed by atoms with E-state index in [1.54, 1.807) is 20.8 Å². The number of hydrogen-bond acceptors (Lipinski definition) is 5. The number of primary amides is 1. The summed E-state index contributed by atoms with van der Waals surface area (Å²) >= 11 is 3.07. The van der Waals surface area contributed by atoms with Crippen molar-refractivity contribution in [3.05, 3.63) is 0 Å². The maximum Gasteiger partial charge on any atom is 0.329 e. The van der Waals surface area contributed by atoms with Crippen LogP contribution in [0.3, 0.4) is 0 Å². The number of carbonyl (C=O) groups is 3. The Morgan fingerprint density at radius 3 is 2.24 bits per heavy atom. The standard InChI is InChI=1S/C13H24BrN3O4/c1-13(2,3)21-12(20)9(4-5-10(16)18)17(7-6-15)11(19)8-14/h9H,4-8,15H2,1-3H3,(H2,16,18)/t9-/m1/s1. The molecule has 8 heteroatoms. The third-order valence-corrected chi connectivity index (χ3v) is 3.00. The molecule has 0 radical (unpaired) electrons. The topological polar surface area (TPSA) is 116 Å². The fourth-order valence-electron chi connectivity index (χ4n) is 1.72. The first kappa shape index (κ1) is 19.9. The van der Waals surface area contributed by atoms with Crippen LogP contribution in [0.2, 0.25) is 0 Å². The first-order valence-corrected chi connectivity index (χ1v) is 7.81. The lowest BCUT2D eigenvalue weighted by atomic mass is 10.1. The smallest absolute Gasteiger partial charge is 0.329 e. The van der Waals surface area contributed by atoms with Gasteiger partial charge >= 0.3 is 5.97 Å². The maximum absolute atomic E-state index is 12.3. The van der Waals surface area contributed by atoms with Gasteiger partial charge < -0.3 is 21.1 Å². The van der Waals surface area contributed by atoms with Crippen LogP contribution in [0, 0.1) is 0 Å². The Labute approximate surface area is 133 Å². The minimum absolute atomic E-state index is 0.0133. The fourth-order valence-corrected chi connectivity index (χ4v) is 2.04. The van der Waals surface area contributed by atoms with Gasteiger partial charge in [-0.2, -0.15) is 0 Å². The Bertz CT molecular complexity index is 382. The quantitative estimate of drug-likeness (QED) is 0.468. The zero-order chi connectivity index (χ0) is 16.6. The molecule has 0 rings (SSSR count). The lowest BCUT2D eigenvalue weighted by molar-refractivity contribution is -0.164. The Balaban J connectivity index is 5.19. The number of hydrogen-bond donors (Lipinski definition) is 2. The molecule has 122 valence electrons. The molecule has 0 bridgehead atoms. The lowest BCUT2D eigenvalue weighted by Gasteiger charge is -2.32. The zero-order valence-electron chi connectivity index (χ0n) is 12.7. The van der Waals surface area contributed by atoms with Gasteiger partial charge in [-0.05, 0) is 27.2 Å². The molecule has 0 heterocycles. The molecule has 0 aromatic rings. The Hall–Kier alpha value is -1.15. The van der Waals surface area contributed by atoms with E-state index in [0.717, 1.165) is 0 Å². The van der Waals surface area contributed by atoms with Crippen LogP contribution in [0.4, 0.5) is 0 Å². The lowest BCUT2D eigenvalue weighted by Crippen LogP contribution is -2.50. The summed E-state index contributed by atoms with van der Waals surface area (Å²) in [4.78, 5) is 36.5. The highest BCUT2D eigenvalue weighted by Gasteiger charge is 2.32. The van der Waals surface area contributed by atoms with Gasteiger partial charge in [0.2, 0.25) is 11.8 Å². The second-order valence-electron chi connectivity index (χ2n) is 5.56. The maximum atomic E-state index is 12.3. The predicted octanol–water partition coefficient (Wildman–Crippen LogP) is 0.144. The molecule has 0 unspecified atom stereocenters. The van der Waals surface area contributed by atoms with E-state index in [2.05, 4.69) is 15.9 Å². The first-order valence-electron chi connectivity index (χ1n) is 6.69. The van der Waals surface area contributed by atoms with Gasteiger partial charge in [-0.25, -0.2) is 4.79 Å². The predicted molar refractivity (Wildman–Crippen MR) is 82.6 cm³/mol.